The number of piperidine rings is 1. The number of benzene rings is 2. The summed E-state index contributed by atoms with van der Waals surface area (Å²) >= 11 is 0. The summed E-state index contributed by atoms with van der Waals surface area (Å²) in [6.07, 6.45) is -0.681. The first-order valence-corrected chi connectivity index (χ1v) is 12.7. The number of nitrogens with two attached hydrogens (primary N) is 1. The third kappa shape index (κ3) is 5.60. The number of carbonyl (C=O) groups excluding carboxylic acids is 2. The highest BCUT2D eigenvalue weighted by Crippen LogP contribution is 2.34. The summed E-state index contributed by atoms with van der Waals surface area (Å²) in [7, 11) is 0. The van der Waals surface area contributed by atoms with Gasteiger partial charge in [-0.1, -0.05) is 30.8 Å². The zero-order chi connectivity index (χ0) is 29.3. The minimum atomic E-state index is -4.88. The molecule has 0 saturated carbocycles. The van der Waals surface area contributed by atoms with E-state index in [1.807, 2.05) is 0 Å². The van der Waals surface area contributed by atoms with Crippen LogP contribution in [0.4, 0.5) is 23.4 Å². The molecule has 1 fully saturated rings. The van der Waals surface area contributed by atoms with Crippen molar-refractivity contribution in [2.45, 2.75) is 31.6 Å². The number of anilines is 1. The average Bonchev–Trinajstić information content (AvgIpc) is 3.36. The first kappa shape index (κ1) is 27.7. The SMILES string of the molecule is C=CC(=O)N1CCCC(n2nc(-c3ccc(CNC(=O)c4ccc(F)cc4C(F)(F)F)cc3)c3c(N)ncnc32)C1. The van der Waals surface area contributed by atoms with Gasteiger partial charge in [0.05, 0.1) is 22.6 Å². The Balaban J connectivity index is 1.38. The molecule has 1 atom stereocenters. The van der Waals surface area contributed by atoms with Crippen molar-refractivity contribution < 1.29 is 27.2 Å². The highest BCUT2D eigenvalue weighted by Gasteiger charge is 2.35. The number of halogens is 4. The second-order valence-electron chi connectivity index (χ2n) is 9.60. The van der Waals surface area contributed by atoms with Gasteiger partial charge in [0.15, 0.2) is 5.65 Å². The summed E-state index contributed by atoms with van der Waals surface area (Å²) in [5.74, 6) is -1.98. The van der Waals surface area contributed by atoms with Crippen molar-refractivity contribution in [1.29, 1.82) is 0 Å². The largest absolute Gasteiger partial charge is 0.417 e. The molecule has 2 amide bonds. The lowest BCUT2D eigenvalue weighted by Gasteiger charge is -2.32. The molecule has 0 aliphatic carbocycles. The van der Waals surface area contributed by atoms with Gasteiger partial charge >= 0.3 is 6.18 Å². The van der Waals surface area contributed by atoms with Gasteiger partial charge in [0, 0.05) is 25.2 Å². The Hall–Kier alpha value is -4.81. The normalized spacial score (nSPS) is 15.6. The zero-order valence-corrected chi connectivity index (χ0v) is 21.7. The minimum absolute atomic E-state index is 0.0660. The lowest BCUT2D eigenvalue weighted by Crippen LogP contribution is -2.40. The van der Waals surface area contributed by atoms with Crippen LogP contribution in [0.1, 0.15) is 40.4 Å². The molecule has 2 aromatic carbocycles. The van der Waals surface area contributed by atoms with Crippen molar-refractivity contribution in [2.24, 2.45) is 0 Å². The van der Waals surface area contributed by atoms with Crippen LogP contribution in [0.25, 0.3) is 22.3 Å². The number of rotatable bonds is 6. The number of nitrogens with zero attached hydrogens (tertiary/aromatic N) is 5. The summed E-state index contributed by atoms with van der Waals surface area (Å²) in [4.78, 5) is 35.0. The van der Waals surface area contributed by atoms with Crippen LogP contribution in [0.5, 0.6) is 0 Å². The van der Waals surface area contributed by atoms with Crippen LogP contribution in [0.15, 0.2) is 61.4 Å². The number of carbonyl (C=O) groups is 2. The number of hydrogen-bond acceptors (Lipinski definition) is 6. The van der Waals surface area contributed by atoms with Crippen LogP contribution < -0.4 is 11.1 Å². The van der Waals surface area contributed by atoms with Crippen LogP contribution in [0.2, 0.25) is 0 Å². The molecule has 41 heavy (non-hydrogen) atoms. The van der Waals surface area contributed by atoms with E-state index in [0.717, 1.165) is 25.0 Å². The monoisotopic (exact) mass is 567 g/mol. The predicted molar refractivity (Wildman–Crippen MR) is 143 cm³/mol. The molecule has 4 aromatic rings. The maximum absolute atomic E-state index is 13.4. The maximum atomic E-state index is 13.4. The molecule has 3 heterocycles. The van der Waals surface area contributed by atoms with E-state index in [1.54, 1.807) is 33.8 Å². The Labute approximate surface area is 231 Å². The standard InChI is InChI=1S/C28H25F4N7O2/c1-2-22(40)38-11-3-4-19(14-38)39-26-23(25(33)35-15-36-26)24(37-39)17-7-5-16(6-8-17)13-34-27(41)20-10-9-18(29)12-21(20)28(30,31)32/h2,5-10,12,15,19H,1,3-4,11,13-14H2,(H,34,41)(H2,33,35,36). The molecule has 5 rings (SSSR count). The fourth-order valence-electron chi connectivity index (χ4n) is 4.94. The molecule has 0 bridgehead atoms. The Morgan fingerprint density at radius 2 is 1.90 bits per heavy atom. The van der Waals surface area contributed by atoms with Crippen LogP contribution in [0, 0.1) is 5.82 Å². The number of nitrogens with one attached hydrogen (secondary N) is 1. The molecule has 0 spiro atoms. The van der Waals surface area contributed by atoms with Crippen molar-refractivity contribution >= 4 is 28.7 Å². The number of fused-ring (bicyclic) bond motifs is 1. The molecule has 9 nitrogen and oxygen atoms in total. The van der Waals surface area contributed by atoms with E-state index in [9.17, 15) is 27.2 Å². The van der Waals surface area contributed by atoms with Crippen LogP contribution in [0.3, 0.4) is 0 Å². The van der Waals surface area contributed by atoms with Crippen molar-refractivity contribution in [3.05, 3.63) is 84.0 Å². The molecule has 1 aliphatic rings. The highest BCUT2D eigenvalue weighted by molar-refractivity contribution is 5.98. The van der Waals surface area contributed by atoms with Gasteiger partial charge in [-0.3, -0.25) is 9.59 Å². The second kappa shape index (κ2) is 11.0. The quantitative estimate of drug-likeness (QED) is 0.261. The Morgan fingerprint density at radius 1 is 1.15 bits per heavy atom. The number of nitrogen functional groups attached to an aromatic ring is 1. The maximum Gasteiger partial charge on any atom is 0.417 e. The van der Waals surface area contributed by atoms with Crippen molar-refractivity contribution in [3.63, 3.8) is 0 Å². The van der Waals surface area contributed by atoms with E-state index in [-0.39, 0.29) is 24.3 Å². The Kier molecular flexibility index (Phi) is 7.43. The minimum Gasteiger partial charge on any atom is -0.383 e. The van der Waals surface area contributed by atoms with Gasteiger partial charge in [-0.15, -0.1) is 0 Å². The molecule has 3 N–H and O–H groups in total. The van der Waals surface area contributed by atoms with Crippen LogP contribution in [-0.2, 0) is 17.5 Å². The van der Waals surface area contributed by atoms with Gasteiger partial charge in [-0.05, 0) is 42.7 Å². The molecular weight excluding hydrogens is 542 g/mol. The molecule has 212 valence electrons. The molecule has 13 heteroatoms. The van der Waals surface area contributed by atoms with Gasteiger partial charge < -0.3 is 16.0 Å². The first-order chi connectivity index (χ1) is 19.6. The lowest BCUT2D eigenvalue weighted by atomic mass is 10.0. The molecule has 1 aliphatic heterocycles. The van der Waals surface area contributed by atoms with Crippen molar-refractivity contribution in [2.75, 3.05) is 18.8 Å². The van der Waals surface area contributed by atoms with E-state index >= 15 is 0 Å². The van der Waals surface area contributed by atoms with Crippen molar-refractivity contribution in [3.8, 4) is 11.3 Å². The number of alkyl halides is 3. The number of hydrogen-bond donors (Lipinski definition) is 2. The molecule has 0 radical (unpaired) electrons. The van der Waals surface area contributed by atoms with Gasteiger partial charge in [-0.2, -0.15) is 18.3 Å². The average molecular weight is 568 g/mol. The van der Waals surface area contributed by atoms with E-state index in [1.165, 1.54) is 12.4 Å². The Morgan fingerprint density at radius 3 is 2.61 bits per heavy atom. The third-order valence-electron chi connectivity index (χ3n) is 6.96. The van der Waals surface area contributed by atoms with Gasteiger partial charge in [0.2, 0.25) is 5.91 Å². The van der Waals surface area contributed by atoms with E-state index in [2.05, 4.69) is 21.9 Å². The van der Waals surface area contributed by atoms with Gasteiger partial charge in [0.25, 0.3) is 5.91 Å². The molecular formula is C28H25F4N7O2. The Bertz CT molecular complexity index is 1630. The van der Waals surface area contributed by atoms with Gasteiger partial charge in [-0.25, -0.2) is 19.0 Å². The van der Waals surface area contributed by atoms with E-state index in [0.29, 0.717) is 47.0 Å². The summed E-state index contributed by atoms with van der Waals surface area (Å²) in [6, 6.07) is 8.65. The molecule has 1 saturated heterocycles. The molecule has 2 aromatic heterocycles. The topological polar surface area (TPSA) is 119 Å². The fourth-order valence-corrected chi connectivity index (χ4v) is 4.94. The predicted octanol–water partition coefficient (Wildman–Crippen LogP) is 4.51. The summed E-state index contributed by atoms with van der Waals surface area (Å²) in [6.45, 7) is 4.57. The fraction of sp³-hybridized carbons (Fsp3) is 0.250. The first-order valence-electron chi connectivity index (χ1n) is 12.7. The summed E-state index contributed by atoms with van der Waals surface area (Å²) in [5.41, 5.74) is 6.55. The number of likely N-dealkylation sites (tertiary alicyclic amines) is 1. The lowest BCUT2D eigenvalue weighted by molar-refractivity contribution is -0.138. The van der Waals surface area contributed by atoms with E-state index in [4.69, 9.17) is 10.8 Å². The number of amides is 2. The second-order valence-corrected chi connectivity index (χ2v) is 9.60. The number of aromatic nitrogens is 4. The van der Waals surface area contributed by atoms with E-state index < -0.39 is 29.0 Å². The van der Waals surface area contributed by atoms with Crippen molar-refractivity contribution in [1.82, 2.24) is 30.0 Å². The smallest absolute Gasteiger partial charge is 0.383 e. The molecule has 1 unspecified atom stereocenters. The van der Waals surface area contributed by atoms with Crippen LogP contribution >= 0.6 is 0 Å². The highest BCUT2D eigenvalue weighted by atomic mass is 19.4. The third-order valence-corrected chi connectivity index (χ3v) is 6.96. The van der Waals surface area contributed by atoms with Gasteiger partial charge in [0.1, 0.15) is 23.7 Å². The summed E-state index contributed by atoms with van der Waals surface area (Å²) < 4.78 is 55.0. The van der Waals surface area contributed by atoms with Crippen LogP contribution in [-0.4, -0.2) is 49.6 Å². The zero-order valence-electron chi connectivity index (χ0n) is 21.7. The summed E-state index contributed by atoms with van der Waals surface area (Å²) in [5, 5.41) is 7.81.